The van der Waals surface area contributed by atoms with E-state index < -0.39 is 0 Å². The Balaban J connectivity index is 1.94. The van der Waals surface area contributed by atoms with Crippen LogP contribution >= 0.6 is 0 Å². The van der Waals surface area contributed by atoms with Crippen LogP contribution in [0, 0.1) is 17.8 Å². The van der Waals surface area contributed by atoms with E-state index >= 15 is 0 Å². The molecule has 2 atom stereocenters. The highest BCUT2D eigenvalue weighted by Gasteiger charge is 2.33. The minimum atomic E-state index is -0.0344. The zero-order chi connectivity index (χ0) is 13.0. The molecule has 0 amide bonds. The van der Waals surface area contributed by atoms with Crippen LogP contribution in [-0.2, 0) is 0 Å². The summed E-state index contributed by atoms with van der Waals surface area (Å²) in [4.78, 5) is 0. The zero-order valence-electron chi connectivity index (χ0n) is 12.0. The van der Waals surface area contributed by atoms with Gasteiger partial charge in [0.15, 0.2) is 0 Å². The Morgan fingerprint density at radius 3 is 2.33 bits per heavy atom. The smallest absolute Gasteiger partial charge is 0.0540 e. The van der Waals surface area contributed by atoms with E-state index in [9.17, 15) is 5.11 Å². The molecule has 1 saturated carbocycles. The maximum absolute atomic E-state index is 9.73. The lowest BCUT2D eigenvalue weighted by Crippen LogP contribution is -2.56. The topological polar surface area (TPSA) is 44.3 Å². The lowest BCUT2D eigenvalue weighted by atomic mass is 9.75. The summed E-state index contributed by atoms with van der Waals surface area (Å²) in [7, 11) is 0. The molecule has 0 spiro atoms. The highest BCUT2D eigenvalue weighted by atomic mass is 16.3. The first-order valence-corrected chi connectivity index (χ1v) is 7.80. The highest BCUT2D eigenvalue weighted by molar-refractivity contribution is 4.89. The molecule has 0 aromatic heterocycles. The summed E-state index contributed by atoms with van der Waals surface area (Å²) >= 11 is 0. The molecular weight excluding hydrogens is 224 g/mol. The van der Waals surface area contributed by atoms with Crippen LogP contribution in [0.25, 0.3) is 0 Å². The van der Waals surface area contributed by atoms with Gasteiger partial charge in [-0.05, 0) is 43.4 Å². The van der Waals surface area contributed by atoms with Crippen molar-refractivity contribution in [2.75, 3.05) is 13.2 Å². The molecule has 2 aliphatic rings. The fourth-order valence-corrected chi connectivity index (χ4v) is 3.75. The molecule has 18 heavy (non-hydrogen) atoms. The first-order valence-electron chi connectivity index (χ1n) is 7.80. The molecule has 0 radical (unpaired) electrons. The van der Waals surface area contributed by atoms with Gasteiger partial charge in [0.2, 0.25) is 0 Å². The van der Waals surface area contributed by atoms with Crippen LogP contribution in [0.5, 0.6) is 0 Å². The molecule has 0 aromatic carbocycles. The first kappa shape index (κ1) is 14.3. The van der Waals surface area contributed by atoms with Crippen LogP contribution in [-0.4, -0.2) is 30.5 Å². The average Bonchev–Trinajstić information content (AvgIpc) is 2.33. The lowest BCUT2D eigenvalue weighted by Gasteiger charge is -2.41. The Labute approximate surface area is 112 Å². The summed E-state index contributed by atoms with van der Waals surface area (Å²) in [5.41, 5.74) is 0. The number of hydrogen-bond acceptors (Lipinski definition) is 3. The Kier molecular flexibility index (Phi) is 5.46. The molecule has 1 aliphatic carbocycles. The van der Waals surface area contributed by atoms with E-state index in [-0.39, 0.29) is 6.10 Å². The molecular formula is C15H30N2O. The third-order valence-corrected chi connectivity index (χ3v) is 4.89. The summed E-state index contributed by atoms with van der Waals surface area (Å²) in [6, 6.07) is 0.682. The normalized spacial score (nSPS) is 39.3. The second kappa shape index (κ2) is 6.88. The molecule has 0 aromatic rings. The van der Waals surface area contributed by atoms with Crippen molar-refractivity contribution in [3.8, 4) is 0 Å². The Morgan fingerprint density at radius 2 is 1.72 bits per heavy atom. The second-order valence-electron chi connectivity index (χ2n) is 6.54. The van der Waals surface area contributed by atoms with Gasteiger partial charge in [0.1, 0.15) is 0 Å². The van der Waals surface area contributed by atoms with Gasteiger partial charge >= 0.3 is 0 Å². The molecule has 3 nitrogen and oxygen atoms in total. The van der Waals surface area contributed by atoms with Crippen molar-refractivity contribution in [1.29, 1.82) is 0 Å². The molecule has 2 rings (SSSR count). The van der Waals surface area contributed by atoms with Gasteiger partial charge in [-0.1, -0.05) is 26.7 Å². The number of aliphatic hydroxyl groups excluding tert-OH is 1. The molecule has 2 fully saturated rings. The largest absolute Gasteiger partial charge is 0.393 e. The van der Waals surface area contributed by atoms with Crippen LogP contribution in [0.1, 0.15) is 52.4 Å². The molecule has 1 saturated heterocycles. The van der Waals surface area contributed by atoms with Gasteiger partial charge in [-0.3, -0.25) is 0 Å². The van der Waals surface area contributed by atoms with Crippen molar-refractivity contribution >= 4 is 0 Å². The average molecular weight is 254 g/mol. The van der Waals surface area contributed by atoms with E-state index in [4.69, 9.17) is 0 Å². The van der Waals surface area contributed by atoms with Gasteiger partial charge in [0.25, 0.3) is 0 Å². The van der Waals surface area contributed by atoms with E-state index in [0.717, 1.165) is 43.8 Å². The molecule has 3 heteroatoms. The van der Waals surface area contributed by atoms with Crippen molar-refractivity contribution < 1.29 is 5.11 Å². The van der Waals surface area contributed by atoms with Gasteiger partial charge in [-0.2, -0.15) is 0 Å². The van der Waals surface area contributed by atoms with Crippen molar-refractivity contribution in [3.63, 3.8) is 0 Å². The second-order valence-corrected chi connectivity index (χ2v) is 6.54. The zero-order valence-corrected chi connectivity index (χ0v) is 12.0. The summed E-state index contributed by atoms with van der Waals surface area (Å²) < 4.78 is 0. The Bertz CT molecular complexity index is 235. The minimum Gasteiger partial charge on any atom is -0.393 e. The number of hydrogen-bond donors (Lipinski definition) is 3. The fraction of sp³-hybridized carbons (Fsp3) is 1.00. The lowest BCUT2D eigenvalue weighted by molar-refractivity contribution is 0.107. The molecule has 0 bridgehead atoms. The van der Waals surface area contributed by atoms with E-state index in [1.165, 1.54) is 25.7 Å². The maximum atomic E-state index is 9.73. The van der Waals surface area contributed by atoms with Gasteiger partial charge < -0.3 is 15.7 Å². The SMILES string of the molecule is CC(C)C1CNCNC1C1CCCC(O)CCC1. The van der Waals surface area contributed by atoms with Crippen LogP contribution < -0.4 is 10.6 Å². The number of aliphatic hydroxyl groups is 1. The minimum absolute atomic E-state index is 0.0344. The van der Waals surface area contributed by atoms with Gasteiger partial charge in [0, 0.05) is 19.3 Å². The van der Waals surface area contributed by atoms with Crippen LogP contribution in [0.3, 0.4) is 0 Å². The third-order valence-electron chi connectivity index (χ3n) is 4.89. The maximum Gasteiger partial charge on any atom is 0.0540 e. The standard InChI is InChI=1S/C15H30N2O/c1-11(2)14-9-16-10-17-15(14)12-5-3-7-13(18)8-4-6-12/h11-18H,3-10H2,1-2H3. The predicted octanol–water partition coefficient (Wildman–Crippen LogP) is 2.11. The van der Waals surface area contributed by atoms with Crippen molar-refractivity contribution in [3.05, 3.63) is 0 Å². The van der Waals surface area contributed by atoms with Crippen LogP contribution in [0.2, 0.25) is 0 Å². The number of rotatable bonds is 2. The monoisotopic (exact) mass is 254 g/mol. The van der Waals surface area contributed by atoms with Crippen molar-refractivity contribution in [2.24, 2.45) is 17.8 Å². The summed E-state index contributed by atoms with van der Waals surface area (Å²) in [5, 5.41) is 16.9. The molecule has 1 heterocycles. The van der Waals surface area contributed by atoms with Crippen LogP contribution in [0.15, 0.2) is 0 Å². The van der Waals surface area contributed by atoms with Gasteiger partial charge in [-0.15, -0.1) is 0 Å². The van der Waals surface area contributed by atoms with Crippen molar-refractivity contribution in [2.45, 2.75) is 64.5 Å². The quantitative estimate of drug-likeness (QED) is 0.707. The molecule has 1 aliphatic heterocycles. The first-order chi connectivity index (χ1) is 8.68. The molecule has 3 N–H and O–H groups in total. The van der Waals surface area contributed by atoms with E-state index in [0.29, 0.717) is 6.04 Å². The summed E-state index contributed by atoms with van der Waals surface area (Å²) in [6.45, 7) is 6.82. The predicted molar refractivity (Wildman–Crippen MR) is 75.3 cm³/mol. The van der Waals surface area contributed by atoms with Gasteiger partial charge in [0.05, 0.1) is 6.10 Å². The summed E-state index contributed by atoms with van der Waals surface area (Å²) in [6.07, 6.45) is 6.95. The highest BCUT2D eigenvalue weighted by Crippen LogP contribution is 2.31. The van der Waals surface area contributed by atoms with Crippen LogP contribution in [0.4, 0.5) is 0 Å². The molecule has 2 unspecified atom stereocenters. The third kappa shape index (κ3) is 3.69. The van der Waals surface area contributed by atoms with E-state index in [2.05, 4.69) is 24.5 Å². The van der Waals surface area contributed by atoms with Crippen molar-refractivity contribution in [1.82, 2.24) is 10.6 Å². The fourth-order valence-electron chi connectivity index (χ4n) is 3.75. The molecule has 106 valence electrons. The Morgan fingerprint density at radius 1 is 1.06 bits per heavy atom. The number of nitrogens with one attached hydrogen (secondary N) is 2. The Hall–Kier alpha value is -0.120. The van der Waals surface area contributed by atoms with Gasteiger partial charge in [-0.25, -0.2) is 0 Å². The summed E-state index contributed by atoms with van der Waals surface area (Å²) in [5.74, 6) is 2.31. The van der Waals surface area contributed by atoms with E-state index in [1.54, 1.807) is 0 Å². The van der Waals surface area contributed by atoms with E-state index in [1.807, 2.05) is 0 Å².